The minimum absolute atomic E-state index is 0.0486. The van der Waals surface area contributed by atoms with Crippen LogP contribution in [0.15, 0.2) is 22.8 Å². The molecular formula is C30H48O3. The van der Waals surface area contributed by atoms with Crippen LogP contribution in [0.4, 0.5) is 0 Å². The molecule has 0 aliphatic heterocycles. The number of fused-ring (bicyclic) bond motifs is 4. The van der Waals surface area contributed by atoms with E-state index >= 15 is 0 Å². The minimum Gasteiger partial charge on any atom is -0.390 e. The number of aliphatic hydroxyl groups is 2. The van der Waals surface area contributed by atoms with Crippen molar-refractivity contribution in [2.45, 2.75) is 118 Å². The highest BCUT2D eigenvalue weighted by Gasteiger charge is 2.65. The Kier molecular flexibility index (Phi) is 6.14. The van der Waals surface area contributed by atoms with Crippen molar-refractivity contribution in [3.8, 4) is 0 Å². The first-order valence-corrected chi connectivity index (χ1v) is 13.5. The van der Waals surface area contributed by atoms with E-state index in [0.717, 1.165) is 38.5 Å². The van der Waals surface area contributed by atoms with Crippen molar-refractivity contribution in [2.75, 3.05) is 0 Å². The van der Waals surface area contributed by atoms with E-state index in [9.17, 15) is 15.0 Å². The quantitative estimate of drug-likeness (QED) is 0.467. The monoisotopic (exact) mass is 456 g/mol. The number of carbonyl (C=O) groups excluding carboxylic acids is 1. The van der Waals surface area contributed by atoms with Crippen LogP contribution >= 0.6 is 0 Å². The molecule has 33 heavy (non-hydrogen) atoms. The van der Waals surface area contributed by atoms with Gasteiger partial charge in [-0.05, 0) is 99.9 Å². The molecule has 3 nitrogen and oxygen atoms in total. The summed E-state index contributed by atoms with van der Waals surface area (Å²) in [5, 5.41) is 23.6. The topological polar surface area (TPSA) is 57.5 Å². The Labute approximate surface area is 202 Å². The number of Topliss-reactive ketones (excluding diaryl/α,β-unsaturated/α-hetero) is 1. The zero-order valence-electron chi connectivity index (χ0n) is 22.4. The average Bonchev–Trinajstić information content (AvgIpc) is 3.03. The second-order valence-electron chi connectivity index (χ2n) is 13.6. The number of aliphatic hydroxyl groups excluding tert-OH is 1. The van der Waals surface area contributed by atoms with Gasteiger partial charge in [0.25, 0.3) is 0 Å². The zero-order valence-corrected chi connectivity index (χ0v) is 22.4. The lowest BCUT2D eigenvalue weighted by Gasteiger charge is -2.56. The van der Waals surface area contributed by atoms with E-state index in [-0.39, 0.29) is 28.6 Å². The van der Waals surface area contributed by atoms with Crippen LogP contribution in [0, 0.1) is 39.9 Å². The van der Waals surface area contributed by atoms with Gasteiger partial charge in [-0.2, -0.15) is 0 Å². The summed E-state index contributed by atoms with van der Waals surface area (Å²) < 4.78 is 0. The van der Waals surface area contributed by atoms with Crippen molar-refractivity contribution >= 4 is 5.78 Å². The van der Waals surface area contributed by atoms with Gasteiger partial charge in [-0.25, -0.2) is 0 Å². The molecule has 0 aromatic rings. The van der Waals surface area contributed by atoms with E-state index in [1.54, 1.807) is 0 Å². The van der Waals surface area contributed by atoms with Crippen LogP contribution < -0.4 is 0 Å². The van der Waals surface area contributed by atoms with Crippen molar-refractivity contribution < 1.29 is 15.0 Å². The van der Waals surface area contributed by atoms with Crippen LogP contribution in [0.5, 0.6) is 0 Å². The van der Waals surface area contributed by atoms with Gasteiger partial charge in [0.05, 0.1) is 11.7 Å². The highest BCUT2D eigenvalue weighted by Crippen LogP contribution is 2.70. The Hall–Kier alpha value is -0.930. The second kappa shape index (κ2) is 8.05. The fourth-order valence-corrected chi connectivity index (χ4v) is 9.17. The molecule has 0 spiro atoms. The summed E-state index contributed by atoms with van der Waals surface area (Å²) >= 11 is 0. The van der Waals surface area contributed by atoms with Crippen LogP contribution in [0.1, 0.15) is 107 Å². The maximum Gasteiger partial charge on any atom is 0.138 e. The fourth-order valence-electron chi connectivity index (χ4n) is 9.17. The number of hydrogen-bond acceptors (Lipinski definition) is 3. The normalized spacial score (nSPS) is 45.2. The predicted molar refractivity (Wildman–Crippen MR) is 135 cm³/mol. The summed E-state index contributed by atoms with van der Waals surface area (Å²) in [6.07, 6.45) is 9.17. The molecule has 0 radical (unpaired) electrons. The SMILES string of the molecule is CC(C)=CCC[C@@H](C)[C@H]1CC[C@@]2(C)C3=C(C[C@H]2[C@]1(C)O)[C@@]1(C)CCC(=O)C(C)(C)[C@@H]1C[C@@H]3O. The Morgan fingerprint density at radius 3 is 2.39 bits per heavy atom. The molecule has 2 N–H and O–H groups in total. The van der Waals surface area contributed by atoms with E-state index < -0.39 is 17.1 Å². The lowest BCUT2D eigenvalue weighted by molar-refractivity contribution is -0.140. The van der Waals surface area contributed by atoms with E-state index in [1.807, 2.05) is 0 Å². The summed E-state index contributed by atoms with van der Waals surface area (Å²) in [7, 11) is 0. The van der Waals surface area contributed by atoms with Crippen molar-refractivity contribution in [3.05, 3.63) is 22.8 Å². The average molecular weight is 457 g/mol. The van der Waals surface area contributed by atoms with Crippen LogP contribution in [-0.2, 0) is 4.79 Å². The third kappa shape index (κ3) is 3.63. The molecule has 2 saturated carbocycles. The Bertz CT molecular complexity index is 873. The van der Waals surface area contributed by atoms with E-state index in [2.05, 4.69) is 61.5 Å². The van der Waals surface area contributed by atoms with Gasteiger partial charge >= 0.3 is 0 Å². The molecule has 8 atom stereocenters. The van der Waals surface area contributed by atoms with Crippen molar-refractivity contribution in [1.29, 1.82) is 0 Å². The molecule has 0 unspecified atom stereocenters. The van der Waals surface area contributed by atoms with Gasteiger partial charge in [0.2, 0.25) is 0 Å². The smallest absolute Gasteiger partial charge is 0.138 e. The number of ketones is 1. The highest BCUT2D eigenvalue weighted by molar-refractivity contribution is 5.86. The molecule has 0 saturated heterocycles. The summed E-state index contributed by atoms with van der Waals surface area (Å²) in [6, 6.07) is 0. The first kappa shape index (κ1) is 25.2. The van der Waals surface area contributed by atoms with Crippen LogP contribution in [0.3, 0.4) is 0 Å². The third-order valence-corrected chi connectivity index (χ3v) is 11.1. The molecule has 0 amide bonds. The zero-order chi connectivity index (χ0) is 24.6. The maximum atomic E-state index is 12.8. The highest BCUT2D eigenvalue weighted by atomic mass is 16.3. The van der Waals surface area contributed by atoms with Crippen LogP contribution in [0.25, 0.3) is 0 Å². The first-order valence-electron chi connectivity index (χ1n) is 13.5. The molecule has 3 heteroatoms. The number of hydrogen-bond donors (Lipinski definition) is 2. The standard InChI is InChI=1S/C30H48O3/c1-18(2)10-9-11-19(3)20-12-14-29(7)24(30(20,8)33)16-21-26(29)22(31)17-23-27(4,5)25(32)13-15-28(21,23)6/h10,19-20,22-24,31,33H,9,11-17H2,1-8H3/t19-,20-,22+,23+,24-,28-,29-,30-/m1/s1. The number of allylic oxidation sites excluding steroid dienone is 3. The molecule has 4 aliphatic rings. The summed E-state index contributed by atoms with van der Waals surface area (Å²) in [5.74, 6) is 1.42. The molecule has 0 aromatic heterocycles. The predicted octanol–water partition coefficient (Wildman–Crippen LogP) is 6.63. The van der Waals surface area contributed by atoms with Crippen molar-refractivity contribution in [2.24, 2.45) is 39.9 Å². The van der Waals surface area contributed by atoms with E-state index in [4.69, 9.17) is 0 Å². The molecule has 2 fully saturated rings. The summed E-state index contributed by atoms with van der Waals surface area (Å²) in [5.41, 5.74) is 2.67. The molecule has 4 aliphatic carbocycles. The Balaban J connectivity index is 1.67. The lowest BCUT2D eigenvalue weighted by atomic mass is 9.49. The van der Waals surface area contributed by atoms with Gasteiger partial charge < -0.3 is 10.2 Å². The molecule has 0 bridgehead atoms. The lowest BCUT2D eigenvalue weighted by Crippen LogP contribution is -2.55. The van der Waals surface area contributed by atoms with Gasteiger partial charge in [-0.15, -0.1) is 0 Å². The van der Waals surface area contributed by atoms with E-state index in [1.165, 1.54) is 16.7 Å². The molecule has 186 valence electrons. The Morgan fingerprint density at radius 1 is 1.09 bits per heavy atom. The van der Waals surface area contributed by atoms with Gasteiger partial charge in [0.15, 0.2) is 0 Å². The largest absolute Gasteiger partial charge is 0.390 e. The summed E-state index contributed by atoms with van der Waals surface area (Å²) in [4.78, 5) is 12.8. The van der Waals surface area contributed by atoms with E-state index in [0.29, 0.717) is 24.5 Å². The van der Waals surface area contributed by atoms with Crippen LogP contribution in [-0.4, -0.2) is 27.7 Å². The van der Waals surface area contributed by atoms with Gasteiger partial charge in [-0.3, -0.25) is 4.79 Å². The fraction of sp³-hybridized carbons (Fsp3) is 0.833. The molecular weight excluding hydrogens is 408 g/mol. The Morgan fingerprint density at radius 2 is 1.76 bits per heavy atom. The molecule has 0 heterocycles. The first-order chi connectivity index (χ1) is 15.2. The van der Waals surface area contributed by atoms with Gasteiger partial charge in [0, 0.05) is 17.8 Å². The maximum absolute atomic E-state index is 12.8. The minimum atomic E-state index is -0.750. The summed E-state index contributed by atoms with van der Waals surface area (Å²) in [6.45, 7) is 17.6. The van der Waals surface area contributed by atoms with Gasteiger partial charge in [-0.1, -0.05) is 51.8 Å². The second-order valence-corrected chi connectivity index (χ2v) is 13.6. The number of carbonyl (C=O) groups is 1. The molecule has 4 rings (SSSR count). The van der Waals surface area contributed by atoms with Crippen molar-refractivity contribution in [3.63, 3.8) is 0 Å². The number of rotatable bonds is 4. The molecule has 0 aromatic carbocycles. The van der Waals surface area contributed by atoms with Crippen molar-refractivity contribution in [1.82, 2.24) is 0 Å². The van der Waals surface area contributed by atoms with Crippen LogP contribution in [0.2, 0.25) is 0 Å². The van der Waals surface area contributed by atoms with Gasteiger partial charge in [0.1, 0.15) is 5.78 Å². The third-order valence-electron chi connectivity index (χ3n) is 11.1.